The first-order valence-electron chi connectivity index (χ1n) is 8.21. The zero-order chi connectivity index (χ0) is 18.9. The molecule has 26 heavy (non-hydrogen) atoms. The number of aromatic nitrogens is 1. The molecule has 140 valence electrons. The number of piperidine rings is 1. The van der Waals surface area contributed by atoms with Gasteiger partial charge in [0, 0.05) is 42.1 Å². The third-order valence-electron chi connectivity index (χ3n) is 4.29. The van der Waals surface area contributed by atoms with Crippen LogP contribution < -0.4 is 5.32 Å². The Balaban J connectivity index is 1.84. The van der Waals surface area contributed by atoms with Crippen LogP contribution in [0.5, 0.6) is 0 Å². The molecule has 1 N–H and O–H groups in total. The van der Waals surface area contributed by atoms with Crippen LogP contribution in [0.2, 0.25) is 10.0 Å². The number of carbonyl (C=O) groups excluding carboxylic acids is 1. The van der Waals surface area contributed by atoms with Gasteiger partial charge in [0.1, 0.15) is 10.6 Å². The highest BCUT2D eigenvalue weighted by molar-refractivity contribution is 7.89. The van der Waals surface area contributed by atoms with Gasteiger partial charge < -0.3 is 9.88 Å². The van der Waals surface area contributed by atoms with E-state index in [1.807, 2.05) is 0 Å². The van der Waals surface area contributed by atoms with Gasteiger partial charge in [0.25, 0.3) is 5.91 Å². The highest BCUT2D eigenvalue weighted by atomic mass is 35.5. The van der Waals surface area contributed by atoms with E-state index in [-0.39, 0.29) is 10.6 Å². The number of amides is 1. The Kier molecular flexibility index (Phi) is 5.62. The molecule has 1 aliphatic heterocycles. The second-order valence-corrected chi connectivity index (χ2v) is 9.06. The molecule has 0 spiro atoms. The second-order valence-electron chi connectivity index (χ2n) is 6.25. The minimum Gasteiger partial charge on any atom is -0.345 e. The van der Waals surface area contributed by atoms with Crippen molar-refractivity contribution in [3.05, 3.63) is 46.2 Å². The number of carbonyl (C=O) groups is 1. The molecule has 1 aliphatic rings. The Bertz CT molecular complexity index is 914. The first kappa shape index (κ1) is 19.2. The summed E-state index contributed by atoms with van der Waals surface area (Å²) in [5.74, 6) is -0.439. The molecule has 2 heterocycles. The van der Waals surface area contributed by atoms with Gasteiger partial charge in [-0.3, -0.25) is 4.79 Å². The predicted octanol–water partition coefficient (Wildman–Crippen LogP) is 3.76. The highest BCUT2D eigenvalue weighted by Crippen LogP contribution is 2.25. The molecule has 0 bridgehead atoms. The van der Waals surface area contributed by atoms with Crippen LogP contribution in [0.25, 0.3) is 0 Å². The van der Waals surface area contributed by atoms with Crippen molar-refractivity contribution in [2.45, 2.75) is 24.2 Å². The summed E-state index contributed by atoms with van der Waals surface area (Å²) < 4.78 is 28.5. The van der Waals surface area contributed by atoms with Crippen LogP contribution in [0, 0.1) is 0 Å². The number of halogens is 2. The zero-order valence-corrected chi connectivity index (χ0v) is 16.5. The number of benzene rings is 1. The Morgan fingerprint density at radius 2 is 1.65 bits per heavy atom. The van der Waals surface area contributed by atoms with Crippen molar-refractivity contribution in [3.63, 3.8) is 0 Å². The van der Waals surface area contributed by atoms with Gasteiger partial charge in [0.2, 0.25) is 10.0 Å². The monoisotopic (exact) mass is 415 g/mol. The number of nitrogens with zero attached hydrogens (tertiary/aromatic N) is 2. The van der Waals surface area contributed by atoms with E-state index in [1.165, 1.54) is 21.1 Å². The molecule has 0 saturated carbocycles. The van der Waals surface area contributed by atoms with Crippen LogP contribution in [0.3, 0.4) is 0 Å². The molecule has 2 aromatic rings. The molecule has 1 aromatic carbocycles. The molecule has 3 rings (SSSR count). The van der Waals surface area contributed by atoms with Crippen LogP contribution in [0.1, 0.15) is 29.8 Å². The number of anilines is 1. The van der Waals surface area contributed by atoms with Crippen LogP contribution in [0.15, 0.2) is 35.4 Å². The van der Waals surface area contributed by atoms with Crippen LogP contribution >= 0.6 is 23.2 Å². The van der Waals surface area contributed by atoms with E-state index in [1.54, 1.807) is 25.2 Å². The van der Waals surface area contributed by atoms with Crippen molar-refractivity contribution in [3.8, 4) is 0 Å². The normalized spacial score (nSPS) is 15.8. The largest absolute Gasteiger partial charge is 0.345 e. The predicted molar refractivity (Wildman–Crippen MR) is 102 cm³/mol. The molecule has 6 nitrogen and oxygen atoms in total. The number of nitrogens with one attached hydrogen (secondary N) is 1. The molecule has 0 atom stereocenters. The minimum atomic E-state index is -3.59. The molecule has 9 heteroatoms. The maximum atomic E-state index is 12.8. The SMILES string of the molecule is Cn1cc(S(=O)(=O)N2CCCCC2)cc1C(=O)Nc1cc(Cl)cc(Cl)c1. The van der Waals surface area contributed by atoms with Gasteiger partial charge in [-0.2, -0.15) is 4.31 Å². The number of rotatable bonds is 4. The first-order valence-corrected chi connectivity index (χ1v) is 10.4. The van der Waals surface area contributed by atoms with Gasteiger partial charge in [0.05, 0.1) is 0 Å². The zero-order valence-electron chi connectivity index (χ0n) is 14.2. The molecule has 0 aliphatic carbocycles. The van der Waals surface area contributed by atoms with Crippen molar-refractivity contribution in [1.82, 2.24) is 8.87 Å². The minimum absolute atomic E-state index is 0.121. The molecular formula is C17H19Cl2N3O3S. The highest BCUT2D eigenvalue weighted by Gasteiger charge is 2.28. The third-order valence-corrected chi connectivity index (χ3v) is 6.59. The summed E-state index contributed by atoms with van der Waals surface area (Å²) in [5.41, 5.74) is 0.672. The van der Waals surface area contributed by atoms with E-state index >= 15 is 0 Å². The fourth-order valence-electron chi connectivity index (χ4n) is 2.98. The van der Waals surface area contributed by atoms with Crippen molar-refractivity contribution in [2.75, 3.05) is 18.4 Å². The topological polar surface area (TPSA) is 71.4 Å². The third kappa shape index (κ3) is 4.06. The lowest BCUT2D eigenvalue weighted by Gasteiger charge is -2.25. The maximum Gasteiger partial charge on any atom is 0.272 e. The molecule has 1 amide bonds. The van der Waals surface area contributed by atoms with E-state index in [0.29, 0.717) is 28.8 Å². The Labute approximate surface area is 162 Å². The number of hydrogen-bond donors (Lipinski definition) is 1. The Morgan fingerprint density at radius 1 is 1.04 bits per heavy atom. The standard InChI is InChI=1S/C17H19Cl2N3O3S/c1-21-11-15(26(24,25)22-5-3-2-4-6-22)10-16(21)17(23)20-14-8-12(18)7-13(19)9-14/h7-11H,2-6H2,1H3,(H,20,23). The lowest BCUT2D eigenvalue weighted by Crippen LogP contribution is -2.35. The summed E-state index contributed by atoms with van der Waals surface area (Å²) in [5, 5.41) is 3.48. The van der Waals surface area contributed by atoms with E-state index < -0.39 is 15.9 Å². The van der Waals surface area contributed by atoms with E-state index in [2.05, 4.69) is 5.32 Å². The molecule has 0 radical (unpaired) electrons. The van der Waals surface area contributed by atoms with E-state index in [4.69, 9.17) is 23.2 Å². The number of hydrogen-bond acceptors (Lipinski definition) is 3. The fraction of sp³-hybridized carbons (Fsp3) is 0.353. The average Bonchev–Trinajstić information content (AvgIpc) is 2.97. The van der Waals surface area contributed by atoms with Gasteiger partial charge in [-0.1, -0.05) is 29.6 Å². The van der Waals surface area contributed by atoms with Crippen molar-refractivity contribution >= 4 is 44.8 Å². The molecule has 1 fully saturated rings. The lowest BCUT2D eigenvalue weighted by atomic mass is 10.2. The second kappa shape index (κ2) is 7.60. The summed E-state index contributed by atoms with van der Waals surface area (Å²) in [6.07, 6.45) is 4.21. The van der Waals surface area contributed by atoms with Gasteiger partial charge in [-0.05, 0) is 37.1 Å². The van der Waals surface area contributed by atoms with Crippen molar-refractivity contribution < 1.29 is 13.2 Å². The Morgan fingerprint density at radius 3 is 2.27 bits per heavy atom. The average molecular weight is 416 g/mol. The fourth-order valence-corrected chi connectivity index (χ4v) is 5.09. The summed E-state index contributed by atoms with van der Waals surface area (Å²) in [6, 6.07) is 6.09. The quantitative estimate of drug-likeness (QED) is 0.825. The van der Waals surface area contributed by atoms with Crippen LogP contribution in [-0.4, -0.2) is 36.3 Å². The van der Waals surface area contributed by atoms with Crippen molar-refractivity contribution in [2.24, 2.45) is 7.05 Å². The summed E-state index contributed by atoms with van der Waals surface area (Å²) in [6.45, 7) is 1.03. The van der Waals surface area contributed by atoms with Crippen molar-refractivity contribution in [1.29, 1.82) is 0 Å². The van der Waals surface area contributed by atoms with Crippen LogP contribution in [-0.2, 0) is 17.1 Å². The maximum absolute atomic E-state index is 12.8. The van der Waals surface area contributed by atoms with Gasteiger partial charge in [-0.15, -0.1) is 0 Å². The lowest BCUT2D eigenvalue weighted by molar-refractivity contribution is 0.101. The smallest absolute Gasteiger partial charge is 0.272 e. The summed E-state index contributed by atoms with van der Waals surface area (Å²) >= 11 is 11.9. The van der Waals surface area contributed by atoms with Gasteiger partial charge in [0.15, 0.2) is 0 Å². The van der Waals surface area contributed by atoms with E-state index in [9.17, 15) is 13.2 Å². The molecule has 0 unspecified atom stereocenters. The molecule has 1 saturated heterocycles. The number of sulfonamides is 1. The summed E-state index contributed by atoms with van der Waals surface area (Å²) in [7, 11) is -1.96. The molecular weight excluding hydrogens is 397 g/mol. The van der Waals surface area contributed by atoms with Gasteiger partial charge in [-0.25, -0.2) is 8.42 Å². The number of aryl methyl sites for hydroxylation is 1. The van der Waals surface area contributed by atoms with Gasteiger partial charge >= 0.3 is 0 Å². The summed E-state index contributed by atoms with van der Waals surface area (Å²) in [4.78, 5) is 12.7. The first-order chi connectivity index (χ1) is 12.3. The molecule has 1 aromatic heterocycles. The Hall–Kier alpha value is -1.54. The van der Waals surface area contributed by atoms with Crippen LogP contribution in [0.4, 0.5) is 5.69 Å². The van der Waals surface area contributed by atoms with E-state index in [0.717, 1.165) is 19.3 Å².